The number of esters is 1. The van der Waals surface area contributed by atoms with E-state index in [9.17, 15) is 27.6 Å². The highest BCUT2D eigenvalue weighted by Gasteiger charge is 2.39. The van der Waals surface area contributed by atoms with Crippen LogP contribution < -0.4 is 22.9 Å². The summed E-state index contributed by atoms with van der Waals surface area (Å²) in [5.74, 6) is -0.896. The van der Waals surface area contributed by atoms with Crippen LogP contribution in [0.2, 0.25) is 5.02 Å². The molecule has 0 heterocycles. The molecule has 0 unspecified atom stereocenters. The van der Waals surface area contributed by atoms with Gasteiger partial charge in [-0.3, -0.25) is 9.59 Å². The van der Waals surface area contributed by atoms with E-state index in [0.29, 0.717) is 17.0 Å². The van der Waals surface area contributed by atoms with E-state index in [0.717, 1.165) is 12.1 Å². The van der Waals surface area contributed by atoms with Crippen molar-refractivity contribution >= 4 is 35.3 Å². The van der Waals surface area contributed by atoms with E-state index in [2.05, 4.69) is 4.74 Å². The van der Waals surface area contributed by atoms with Crippen LogP contribution >= 0.6 is 11.6 Å². The van der Waals surface area contributed by atoms with Crippen molar-refractivity contribution in [3.05, 3.63) is 93.5 Å². The molecule has 0 radical (unpaired) electrons. The minimum absolute atomic E-state index is 0. The van der Waals surface area contributed by atoms with Crippen molar-refractivity contribution < 1.29 is 49.4 Å². The molecule has 2 N–H and O–H groups in total. The summed E-state index contributed by atoms with van der Waals surface area (Å²) in [6.07, 6.45) is -4.67. The molecule has 186 valence electrons. The predicted octanol–water partition coefficient (Wildman–Crippen LogP) is 2.47. The van der Waals surface area contributed by atoms with Crippen molar-refractivity contribution in [3.63, 3.8) is 0 Å². The third-order valence-corrected chi connectivity index (χ3v) is 4.86. The third kappa shape index (κ3) is 7.21. The largest absolute Gasteiger partial charge is 1.00 e. The Bertz CT molecular complexity index is 1200. The molecule has 0 spiro atoms. The van der Waals surface area contributed by atoms with Crippen molar-refractivity contribution in [1.29, 1.82) is 0 Å². The van der Waals surface area contributed by atoms with Gasteiger partial charge in [0.1, 0.15) is 5.75 Å². The topological polar surface area (TPSA) is 95.7 Å². The van der Waals surface area contributed by atoms with Crippen LogP contribution in [-0.2, 0) is 10.9 Å². The maximum Gasteiger partial charge on any atom is 0.418 e. The summed E-state index contributed by atoms with van der Waals surface area (Å²) < 4.78 is 49.2. The Morgan fingerprint density at radius 1 is 0.971 bits per heavy atom. The summed E-state index contributed by atoms with van der Waals surface area (Å²) in [5, 5.41) is -0.639. The molecule has 0 aliphatic heterocycles. The summed E-state index contributed by atoms with van der Waals surface area (Å²) >= 11 is 5.61. The standard InChI is InChI=1S/C16H10ClF3O3.C8H9NO2.ClH/c1-23-11-5-2-9(3-6-11)15(22)13-10(8-21)4-7-12(17)14(13)16(18,19)20;1-11-8(10)6-4-2-3-5-7(6)9;/h2-8H,1H3;2-5H,9H2,1H3;1H/p-1. The predicted molar refractivity (Wildman–Crippen MR) is 120 cm³/mol. The number of alkyl halides is 3. The number of anilines is 1. The van der Waals surface area contributed by atoms with E-state index in [1.54, 1.807) is 24.3 Å². The van der Waals surface area contributed by atoms with Gasteiger partial charge in [0.05, 0.1) is 30.4 Å². The number of carbonyl (C=O) groups is 3. The van der Waals surface area contributed by atoms with Crippen LogP contribution in [0.5, 0.6) is 5.75 Å². The fourth-order valence-electron chi connectivity index (χ4n) is 2.89. The highest BCUT2D eigenvalue weighted by molar-refractivity contribution is 6.32. The van der Waals surface area contributed by atoms with Crippen molar-refractivity contribution in [3.8, 4) is 5.75 Å². The van der Waals surface area contributed by atoms with Gasteiger partial charge in [0.15, 0.2) is 12.1 Å². The first-order chi connectivity index (χ1) is 16.0. The van der Waals surface area contributed by atoms with E-state index in [4.69, 9.17) is 22.1 Å². The molecule has 3 aromatic rings. The van der Waals surface area contributed by atoms with Crippen LogP contribution in [0, 0.1) is 0 Å². The molecule has 0 bridgehead atoms. The summed E-state index contributed by atoms with van der Waals surface area (Å²) in [6, 6.07) is 14.3. The number of hydrogen-bond donors (Lipinski definition) is 1. The molecule has 0 amide bonds. The van der Waals surface area contributed by atoms with Crippen LogP contribution in [0.15, 0.2) is 60.7 Å². The fraction of sp³-hybridized carbons (Fsp3) is 0.125. The minimum Gasteiger partial charge on any atom is -1.00 e. The number of ether oxygens (including phenoxy) is 2. The quantitative estimate of drug-likeness (QED) is 0.236. The molecule has 3 aromatic carbocycles. The van der Waals surface area contributed by atoms with Gasteiger partial charge >= 0.3 is 12.1 Å². The number of nitrogens with two attached hydrogens (primary N) is 1. The van der Waals surface area contributed by atoms with E-state index in [1.165, 1.54) is 38.5 Å². The maximum atomic E-state index is 13.2. The van der Waals surface area contributed by atoms with Crippen molar-refractivity contribution in [2.75, 3.05) is 20.0 Å². The molecule has 11 heteroatoms. The van der Waals surface area contributed by atoms with Gasteiger partial charge in [-0.25, -0.2) is 4.79 Å². The lowest BCUT2D eigenvalue weighted by Gasteiger charge is -2.15. The number of nitrogen functional groups attached to an aromatic ring is 1. The Morgan fingerprint density at radius 2 is 1.57 bits per heavy atom. The van der Waals surface area contributed by atoms with Crippen LogP contribution in [0.25, 0.3) is 0 Å². The summed E-state index contributed by atoms with van der Waals surface area (Å²) in [6.45, 7) is 0. The Kier molecular flexibility index (Phi) is 10.8. The van der Waals surface area contributed by atoms with Crippen LogP contribution in [0.1, 0.15) is 42.2 Å². The Hall–Kier alpha value is -3.56. The molecule has 0 atom stereocenters. The first-order valence-corrected chi connectivity index (χ1v) is 9.89. The lowest BCUT2D eigenvalue weighted by atomic mass is 9.93. The van der Waals surface area contributed by atoms with Gasteiger partial charge in [-0.15, -0.1) is 0 Å². The number of benzene rings is 3. The Morgan fingerprint density at radius 3 is 2.06 bits per heavy atom. The van der Waals surface area contributed by atoms with E-state index < -0.39 is 34.1 Å². The Labute approximate surface area is 210 Å². The normalized spacial score (nSPS) is 10.2. The summed E-state index contributed by atoms with van der Waals surface area (Å²) in [4.78, 5) is 34.5. The molecule has 0 fully saturated rings. The number of methoxy groups -OCH3 is 2. The van der Waals surface area contributed by atoms with Gasteiger partial charge in [0, 0.05) is 22.4 Å². The number of rotatable bonds is 5. The summed E-state index contributed by atoms with van der Waals surface area (Å²) in [7, 11) is 2.74. The van der Waals surface area contributed by atoms with Gasteiger partial charge in [0.2, 0.25) is 0 Å². The second-order valence-electron chi connectivity index (χ2n) is 6.64. The van der Waals surface area contributed by atoms with Gasteiger partial charge < -0.3 is 27.6 Å². The van der Waals surface area contributed by atoms with Crippen LogP contribution in [0.4, 0.5) is 18.9 Å². The molecule has 35 heavy (non-hydrogen) atoms. The zero-order valence-corrected chi connectivity index (χ0v) is 19.9. The van der Waals surface area contributed by atoms with Crippen molar-refractivity contribution in [2.45, 2.75) is 6.18 Å². The lowest BCUT2D eigenvalue weighted by molar-refractivity contribution is -0.137. The van der Waals surface area contributed by atoms with Crippen molar-refractivity contribution in [1.82, 2.24) is 0 Å². The maximum absolute atomic E-state index is 13.2. The number of para-hydroxylation sites is 1. The minimum atomic E-state index is -4.87. The third-order valence-electron chi connectivity index (χ3n) is 4.54. The Balaban J connectivity index is 0.000000430. The number of aldehydes is 1. The van der Waals surface area contributed by atoms with E-state index in [-0.39, 0.29) is 29.8 Å². The molecule has 6 nitrogen and oxygen atoms in total. The SMILES string of the molecule is COC(=O)c1ccccc1N.COc1ccc(C(=O)c2c(C=O)ccc(Cl)c2C(F)(F)F)cc1.[Cl-]. The molecule has 0 aliphatic rings. The zero-order valence-electron chi connectivity index (χ0n) is 18.4. The van der Waals surface area contributed by atoms with Crippen LogP contribution in [-0.4, -0.2) is 32.3 Å². The number of carbonyl (C=O) groups excluding carboxylic acids is 3. The van der Waals surface area contributed by atoms with Gasteiger partial charge in [0.25, 0.3) is 0 Å². The van der Waals surface area contributed by atoms with Gasteiger partial charge in [-0.2, -0.15) is 13.2 Å². The van der Waals surface area contributed by atoms with E-state index >= 15 is 0 Å². The average molecular weight is 529 g/mol. The second-order valence-corrected chi connectivity index (χ2v) is 7.05. The molecule has 3 rings (SSSR count). The molecule has 0 aliphatic carbocycles. The smallest absolute Gasteiger partial charge is 0.418 e. The summed E-state index contributed by atoms with van der Waals surface area (Å²) in [5.41, 5.74) is 3.89. The average Bonchev–Trinajstić information content (AvgIpc) is 2.83. The number of hydrogen-bond acceptors (Lipinski definition) is 6. The second kappa shape index (κ2) is 12.8. The highest BCUT2D eigenvalue weighted by atomic mass is 35.5. The zero-order chi connectivity index (χ0) is 25.5. The van der Waals surface area contributed by atoms with E-state index in [1.807, 2.05) is 0 Å². The molecular weight excluding hydrogens is 510 g/mol. The highest BCUT2D eigenvalue weighted by Crippen LogP contribution is 2.39. The first kappa shape index (κ1) is 29.5. The number of halogens is 5. The number of ketones is 1. The molecule has 0 saturated carbocycles. The first-order valence-electron chi connectivity index (χ1n) is 9.51. The molecule has 0 saturated heterocycles. The lowest BCUT2D eigenvalue weighted by Crippen LogP contribution is -3.00. The van der Waals surface area contributed by atoms with Gasteiger partial charge in [-0.05, 0) is 48.5 Å². The molecule has 0 aromatic heterocycles. The van der Waals surface area contributed by atoms with Crippen LogP contribution in [0.3, 0.4) is 0 Å². The van der Waals surface area contributed by atoms with Gasteiger partial charge in [-0.1, -0.05) is 23.7 Å². The monoisotopic (exact) mass is 528 g/mol. The van der Waals surface area contributed by atoms with Crippen molar-refractivity contribution in [2.24, 2.45) is 0 Å². The molecular formula is C24H19Cl2F3NO5-. The fourth-order valence-corrected chi connectivity index (χ4v) is 3.16.